The Morgan fingerprint density at radius 2 is 1.69 bits per heavy atom. The topological polar surface area (TPSA) is 66.4 Å². The van der Waals surface area contributed by atoms with Gasteiger partial charge in [-0.25, -0.2) is 9.97 Å². The maximum absolute atomic E-state index is 12.7. The third-order valence-corrected chi connectivity index (χ3v) is 5.73. The second-order valence-corrected chi connectivity index (χ2v) is 7.30. The van der Waals surface area contributed by atoms with Crippen molar-refractivity contribution in [1.82, 2.24) is 14.9 Å². The highest BCUT2D eigenvalue weighted by atomic mass is 32.1. The zero-order valence-electron chi connectivity index (χ0n) is 14.4. The van der Waals surface area contributed by atoms with Crippen LogP contribution in [0.15, 0.2) is 42.7 Å². The molecular formula is C19H18N4O2S. The number of benzene rings is 1. The van der Waals surface area contributed by atoms with E-state index in [2.05, 4.69) is 14.9 Å². The zero-order valence-corrected chi connectivity index (χ0v) is 15.2. The Balaban J connectivity index is 1.48. The Labute approximate surface area is 155 Å². The van der Waals surface area contributed by atoms with Crippen LogP contribution >= 0.6 is 11.3 Å². The minimum atomic E-state index is -0.00508. The molecule has 0 aliphatic carbocycles. The third-order valence-electron chi connectivity index (χ3n) is 4.55. The van der Waals surface area contributed by atoms with E-state index in [-0.39, 0.29) is 11.7 Å². The molecule has 0 spiro atoms. The van der Waals surface area contributed by atoms with Crippen molar-refractivity contribution in [2.75, 3.05) is 31.1 Å². The summed E-state index contributed by atoms with van der Waals surface area (Å²) in [6.07, 6.45) is 1.59. The van der Waals surface area contributed by atoms with Crippen molar-refractivity contribution in [2.45, 2.75) is 6.92 Å². The number of hydrogen-bond acceptors (Lipinski definition) is 6. The first-order valence-corrected chi connectivity index (χ1v) is 9.30. The van der Waals surface area contributed by atoms with Crippen LogP contribution in [0.4, 0.5) is 5.82 Å². The molecule has 0 bridgehead atoms. The maximum atomic E-state index is 12.7. The maximum Gasteiger partial charge on any atom is 0.264 e. The van der Waals surface area contributed by atoms with Gasteiger partial charge in [0.1, 0.15) is 12.1 Å². The van der Waals surface area contributed by atoms with Crippen molar-refractivity contribution in [3.8, 4) is 0 Å². The highest BCUT2D eigenvalue weighted by Crippen LogP contribution is 2.25. The van der Waals surface area contributed by atoms with Crippen LogP contribution < -0.4 is 4.90 Å². The standard InChI is InChI=1S/C19H18N4O2S/c1-13(24)16-6-7-17(26-16)19(25)23-10-8-22(9-11-23)18-14-4-2-3-5-15(14)20-12-21-18/h2-7,12H,8-11H2,1H3. The molecule has 2 aromatic heterocycles. The van der Waals surface area contributed by atoms with Crippen molar-refractivity contribution in [3.63, 3.8) is 0 Å². The predicted molar refractivity (Wildman–Crippen MR) is 102 cm³/mol. The van der Waals surface area contributed by atoms with Gasteiger partial charge in [-0.2, -0.15) is 0 Å². The number of Topliss-reactive ketones (excluding diaryl/α,β-unsaturated/α-hetero) is 1. The van der Waals surface area contributed by atoms with Crippen molar-refractivity contribution < 1.29 is 9.59 Å². The number of para-hydroxylation sites is 1. The van der Waals surface area contributed by atoms with Crippen molar-refractivity contribution >= 4 is 39.7 Å². The van der Waals surface area contributed by atoms with Crippen LogP contribution in [0.2, 0.25) is 0 Å². The van der Waals surface area contributed by atoms with Gasteiger partial charge in [0.2, 0.25) is 0 Å². The van der Waals surface area contributed by atoms with Crippen LogP contribution in [0.5, 0.6) is 0 Å². The molecule has 1 saturated heterocycles. The molecule has 26 heavy (non-hydrogen) atoms. The third kappa shape index (κ3) is 3.06. The number of ketones is 1. The van der Waals surface area contributed by atoms with Crippen molar-refractivity contribution in [1.29, 1.82) is 0 Å². The van der Waals surface area contributed by atoms with Crippen molar-refractivity contribution in [3.05, 3.63) is 52.5 Å². The lowest BCUT2D eigenvalue weighted by atomic mass is 10.2. The number of piperazine rings is 1. The van der Waals surface area contributed by atoms with E-state index in [9.17, 15) is 9.59 Å². The van der Waals surface area contributed by atoms with Crippen LogP contribution in [-0.2, 0) is 0 Å². The van der Waals surface area contributed by atoms with E-state index in [1.165, 1.54) is 18.3 Å². The minimum Gasteiger partial charge on any atom is -0.352 e. The summed E-state index contributed by atoms with van der Waals surface area (Å²) in [5.41, 5.74) is 0.923. The fraction of sp³-hybridized carbons (Fsp3) is 0.263. The number of amides is 1. The Kier molecular flexibility index (Phi) is 4.38. The number of aromatic nitrogens is 2. The molecule has 7 heteroatoms. The first-order valence-electron chi connectivity index (χ1n) is 8.48. The van der Waals surface area contributed by atoms with E-state index >= 15 is 0 Å². The largest absolute Gasteiger partial charge is 0.352 e. The van der Waals surface area contributed by atoms with Gasteiger partial charge < -0.3 is 9.80 Å². The van der Waals surface area contributed by atoms with Crippen LogP contribution in [0.1, 0.15) is 26.3 Å². The molecule has 3 aromatic rings. The summed E-state index contributed by atoms with van der Waals surface area (Å²) in [7, 11) is 0. The van der Waals surface area contributed by atoms with Gasteiger partial charge in [-0.15, -0.1) is 11.3 Å². The van der Waals surface area contributed by atoms with Crippen LogP contribution in [0.3, 0.4) is 0 Å². The van der Waals surface area contributed by atoms with Crippen LogP contribution in [0.25, 0.3) is 10.9 Å². The molecule has 3 heterocycles. The average molecular weight is 366 g/mol. The van der Waals surface area contributed by atoms with E-state index in [1.54, 1.807) is 18.5 Å². The number of hydrogen-bond donors (Lipinski definition) is 0. The Morgan fingerprint density at radius 1 is 0.962 bits per heavy atom. The molecule has 1 amide bonds. The molecular weight excluding hydrogens is 348 g/mol. The fourth-order valence-corrected chi connectivity index (χ4v) is 4.03. The highest BCUT2D eigenvalue weighted by molar-refractivity contribution is 7.15. The van der Waals surface area contributed by atoms with Gasteiger partial charge >= 0.3 is 0 Å². The normalized spacial score (nSPS) is 14.7. The highest BCUT2D eigenvalue weighted by Gasteiger charge is 2.25. The summed E-state index contributed by atoms with van der Waals surface area (Å²) in [5, 5.41) is 1.03. The summed E-state index contributed by atoms with van der Waals surface area (Å²) in [6.45, 7) is 4.22. The number of carbonyl (C=O) groups excluding carboxylic acids is 2. The van der Waals surface area contributed by atoms with Gasteiger partial charge in [-0.05, 0) is 31.2 Å². The monoisotopic (exact) mass is 366 g/mol. The first kappa shape index (κ1) is 16.7. The van der Waals surface area contributed by atoms with Crippen LogP contribution in [-0.4, -0.2) is 52.7 Å². The molecule has 0 saturated carbocycles. The molecule has 132 valence electrons. The van der Waals surface area contributed by atoms with Gasteiger partial charge in [0, 0.05) is 31.6 Å². The summed E-state index contributed by atoms with van der Waals surface area (Å²) in [5.74, 6) is 0.905. The van der Waals surface area contributed by atoms with Crippen LogP contribution in [0, 0.1) is 0 Å². The number of thiophene rings is 1. The number of fused-ring (bicyclic) bond motifs is 1. The van der Waals surface area contributed by atoms with Crippen molar-refractivity contribution in [2.24, 2.45) is 0 Å². The van der Waals surface area contributed by atoms with Gasteiger partial charge in [0.05, 0.1) is 15.3 Å². The molecule has 0 N–H and O–H groups in total. The van der Waals surface area contributed by atoms with E-state index < -0.39 is 0 Å². The lowest BCUT2D eigenvalue weighted by Crippen LogP contribution is -2.49. The minimum absolute atomic E-state index is 0.00491. The smallest absolute Gasteiger partial charge is 0.264 e. The number of nitrogens with zero attached hydrogens (tertiary/aromatic N) is 4. The molecule has 4 rings (SSSR count). The molecule has 0 atom stereocenters. The summed E-state index contributed by atoms with van der Waals surface area (Å²) in [6, 6.07) is 11.4. The summed E-state index contributed by atoms with van der Waals surface area (Å²) < 4.78 is 0. The molecule has 1 aliphatic heterocycles. The SMILES string of the molecule is CC(=O)c1ccc(C(=O)N2CCN(c3ncnc4ccccc34)CC2)s1. The summed E-state index contributed by atoms with van der Waals surface area (Å²) >= 11 is 1.27. The molecule has 6 nitrogen and oxygen atoms in total. The quantitative estimate of drug-likeness (QED) is 0.667. The number of rotatable bonds is 3. The molecule has 1 aliphatic rings. The zero-order chi connectivity index (χ0) is 18.1. The molecule has 1 fully saturated rings. The lowest BCUT2D eigenvalue weighted by molar-refractivity contribution is 0.0751. The van der Waals surface area contributed by atoms with Gasteiger partial charge in [-0.1, -0.05) is 12.1 Å². The first-order chi connectivity index (χ1) is 12.6. The lowest BCUT2D eigenvalue weighted by Gasteiger charge is -2.35. The fourth-order valence-electron chi connectivity index (χ4n) is 3.16. The van der Waals surface area contributed by atoms with E-state index in [4.69, 9.17) is 0 Å². The Bertz CT molecular complexity index is 971. The molecule has 1 aromatic carbocycles. The van der Waals surface area contributed by atoms with Gasteiger partial charge in [0.25, 0.3) is 5.91 Å². The Hall–Kier alpha value is -2.80. The second kappa shape index (κ2) is 6.84. The molecule has 0 radical (unpaired) electrons. The van der Waals surface area contributed by atoms with E-state index in [0.29, 0.717) is 22.8 Å². The predicted octanol–water partition coefficient (Wildman–Crippen LogP) is 2.86. The second-order valence-electron chi connectivity index (χ2n) is 6.21. The van der Waals surface area contributed by atoms with Gasteiger partial charge in [-0.3, -0.25) is 9.59 Å². The number of carbonyl (C=O) groups is 2. The Morgan fingerprint density at radius 3 is 2.42 bits per heavy atom. The molecule has 0 unspecified atom stereocenters. The van der Waals surface area contributed by atoms with E-state index in [1.807, 2.05) is 29.2 Å². The average Bonchev–Trinajstić information content (AvgIpc) is 3.18. The number of anilines is 1. The van der Waals surface area contributed by atoms with E-state index in [0.717, 1.165) is 29.8 Å². The van der Waals surface area contributed by atoms with Gasteiger partial charge in [0.15, 0.2) is 5.78 Å². The summed E-state index contributed by atoms with van der Waals surface area (Å²) in [4.78, 5) is 38.2.